The molecule has 0 aliphatic carbocycles. The smallest absolute Gasteiger partial charge is 0.252 e. The number of benzene rings is 2. The molecule has 2 N–H and O–H groups in total. The maximum atomic E-state index is 13.0. The molecule has 23 heavy (non-hydrogen) atoms. The predicted molar refractivity (Wildman–Crippen MR) is 89.2 cm³/mol. The normalized spacial score (nSPS) is 12.0. The summed E-state index contributed by atoms with van der Waals surface area (Å²) < 4.78 is 13.0. The molecule has 2 aromatic rings. The highest BCUT2D eigenvalue weighted by Gasteiger charge is 2.14. The summed E-state index contributed by atoms with van der Waals surface area (Å²) in [4.78, 5) is 12.1. The Bertz CT molecular complexity index is 649. The summed E-state index contributed by atoms with van der Waals surface area (Å²) in [6, 6.07) is 13.6. The first-order valence-electron chi connectivity index (χ1n) is 7.51. The molecule has 0 saturated carbocycles. The second-order valence-electron chi connectivity index (χ2n) is 5.29. The molecule has 0 aliphatic rings. The van der Waals surface area contributed by atoms with Gasteiger partial charge in [-0.3, -0.25) is 4.79 Å². The first-order valence-corrected chi connectivity index (χ1v) is 7.88. The number of rotatable bonds is 7. The lowest BCUT2D eigenvalue weighted by Crippen LogP contribution is -2.26. The zero-order valence-electron chi connectivity index (χ0n) is 12.6. The van der Waals surface area contributed by atoms with E-state index in [1.54, 1.807) is 0 Å². The summed E-state index contributed by atoms with van der Waals surface area (Å²) in [5.74, 6) is -0.630. The molecule has 0 heterocycles. The van der Waals surface area contributed by atoms with Crippen LogP contribution >= 0.6 is 11.6 Å². The molecule has 0 saturated heterocycles. The number of hydrogen-bond donors (Lipinski definition) is 2. The third-order valence-corrected chi connectivity index (χ3v) is 4.02. The molecule has 0 bridgehead atoms. The molecule has 0 aliphatic heterocycles. The Balaban J connectivity index is 1.93. The van der Waals surface area contributed by atoms with E-state index in [1.165, 1.54) is 12.1 Å². The van der Waals surface area contributed by atoms with Crippen molar-refractivity contribution >= 4 is 17.5 Å². The fourth-order valence-electron chi connectivity index (χ4n) is 2.49. The van der Waals surface area contributed by atoms with Crippen LogP contribution in [-0.2, 0) is 0 Å². The fourth-order valence-corrected chi connectivity index (χ4v) is 2.74. The van der Waals surface area contributed by atoms with Gasteiger partial charge in [0.2, 0.25) is 0 Å². The highest BCUT2D eigenvalue weighted by atomic mass is 35.5. The highest BCUT2D eigenvalue weighted by molar-refractivity contribution is 6.33. The van der Waals surface area contributed by atoms with Gasteiger partial charge in [-0.15, -0.1) is 0 Å². The second-order valence-corrected chi connectivity index (χ2v) is 5.70. The van der Waals surface area contributed by atoms with Crippen LogP contribution in [0, 0.1) is 5.82 Å². The van der Waals surface area contributed by atoms with Gasteiger partial charge in [0, 0.05) is 13.2 Å². The van der Waals surface area contributed by atoms with Crippen molar-refractivity contribution in [2.45, 2.75) is 18.8 Å². The molecule has 0 aromatic heterocycles. The first kappa shape index (κ1) is 17.4. The summed E-state index contributed by atoms with van der Waals surface area (Å²) in [5.41, 5.74) is 1.39. The molecular weight excluding hydrogens is 317 g/mol. The quantitative estimate of drug-likeness (QED) is 0.809. The van der Waals surface area contributed by atoms with Gasteiger partial charge in [-0.05, 0) is 42.5 Å². The molecule has 1 unspecified atom stereocenters. The van der Waals surface area contributed by atoms with Crippen LogP contribution in [0.1, 0.15) is 34.7 Å². The van der Waals surface area contributed by atoms with Gasteiger partial charge in [-0.2, -0.15) is 0 Å². The predicted octanol–water partition coefficient (Wildman–Crippen LogP) is 3.77. The van der Waals surface area contributed by atoms with Gasteiger partial charge >= 0.3 is 0 Å². The number of aliphatic hydroxyl groups excluding tert-OH is 1. The molecule has 0 fully saturated rings. The Morgan fingerprint density at radius 1 is 1.17 bits per heavy atom. The number of amides is 1. The number of halogens is 2. The molecule has 1 atom stereocenters. The van der Waals surface area contributed by atoms with Gasteiger partial charge < -0.3 is 10.4 Å². The number of hydrogen-bond acceptors (Lipinski definition) is 2. The molecule has 1 amide bonds. The van der Waals surface area contributed by atoms with Crippen LogP contribution in [0.2, 0.25) is 5.02 Å². The van der Waals surface area contributed by atoms with E-state index in [1.807, 2.05) is 30.3 Å². The van der Waals surface area contributed by atoms with Crippen molar-refractivity contribution in [2.24, 2.45) is 0 Å². The molecule has 3 nitrogen and oxygen atoms in total. The summed E-state index contributed by atoms with van der Waals surface area (Å²) in [6.45, 7) is 0.545. The zero-order valence-corrected chi connectivity index (χ0v) is 13.4. The van der Waals surface area contributed by atoms with Crippen molar-refractivity contribution in [3.63, 3.8) is 0 Å². The summed E-state index contributed by atoms with van der Waals surface area (Å²) in [5, 5.41) is 12.1. The van der Waals surface area contributed by atoms with Crippen LogP contribution in [0.25, 0.3) is 0 Å². The van der Waals surface area contributed by atoms with Gasteiger partial charge in [0.25, 0.3) is 5.91 Å². The van der Waals surface area contributed by atoms with E-state index in [2.05, 4.69) is 5.32 Å². The summed E-state index contributed by atoms with van der Waals surface area (Å²) >= 11 is 5.88. The molecular formula is C18H19ClFNO2. The van der Waals surface area contributed by atoms with Gasteiger partial charge in [0.15, 0.2) is 0 Å². The van der Waals surface area contributed by atoms with Crippen LogP contribution in [0.5, 0.6) is 0 Å². The zero-order chi connectivity index (χ0) is 16.7. The monoisotopic (exact) mass is 335 g/mol. The number of carbonyl (C=O) groups excluding carboxylic acids is 1. The van der Waals surface area contributed by atoms with Crippen LogP contribution in [0.4, 0.5) is 4.39 Å². The third kappa shape index (κ3) is 5.05. The van der Waals surface area contributed by atoms with Crippen molar-refractivity contribution in [2.75, 3.05) is 13.2 Å². The maximum absolute atomic E-state index is 13.0. The van der Waals surface area contributed by atoms with E-state index in [-0.39, 0.29) is 29.0 Å². The van der Waals surface area contributed by atoms with Gasteiger partial charge in [-0.1, -0.05) is 41.9 Å². The van der Waals surface area contributed by atoms with Crippen LogP contribution in [0.3, 0.4) is 0 Å². The van der Waals surface area contributed by atoms with E-state index >= 15 is 0 Å². The van der Waals surface area contributed by atoms with E-state index in [0.29, 0.717) is 19.4 Å². The summed E-state index contributed by atoms with van der Waals surface area (Å²) in [6.07, 6.45) is 1.34. The van der Waals surface area contributed by atoms with Gasteiger partial charge in [0.1, 0.15) is 5.82 Å². The lowest BCUT2D eigenvalue weighted by Gasteiger charge is -2.16. The molecule has 2 aromatic carbocycles. The minimum atomic E-state index is -0.473. The van der Waals surface area contributed by atoms with Crippen molar-refractivity contribution in [1.29, 1.82) is 0 Å². The first-order chi connectivity index (χ1) is 11.1. The molecule has 2 rings (SSSR count). The van der Waals surface area contributed by atoms with E-state index in [0.717, 1.165) is 11.6 Å². The second kappa shape index (κ2) is 8.65. The SMILES string of the molecule is O=C(NCCC(CCO)c1ccccc1)c1ccc(F)cc1Cl. The van der Waals surface area contributed by atoms with E-state index < -0.39 is 5.82 Å². The van der Waals surface area contributed by atoms with Gasteiger partial charge in [-0.25, -0.2) is 4.39 Å². The third-order valence-electron chi connectivity index (χ3n) is 3.70. The Kier molecular flexibility index (Phi) is 6.56. The molecule has 0 spiro atoms. The molecule has 122 valence electrons. The standard InChI is InChI=1S/C18H19ClFNO2/c19-17-12-15(20)6-7-16(17)18(23)21-10-8-14(9-11-22)13-4-2-1-3-5-13/h1-7,12,14,22H,8-11H2,(H,21,23). The van der Waals surface area contributed by atoms with Crippen molar-refractivity contribution in [1.82, 2.24) is 5.32 Å². The average Bonchev–Trinajstić information content (AvgIpc) is 2.54. The molecule has 0 radical (unpaired) electrons. The number of carbonyl (C=O) groups is 1. The lowest BCUT2D eigenvalue weighted by molar-refractivity contribution is 0.0952. The number of nitrogens with one attached hydrogen (secondary N) is 1. The summed E-state index contributed by atoms with van der Waals surface area (Å²) in [7, 11) is 0. The Hall–Kier alpha value is -1.91. The minimum absolute atomic E-state index is 0.0945. The Labute approximate surface area is 140 Å². The van der Waals surface area contributed by atoms with Crippen LogP contribution in [0.15, 0.2) is 48.5 Å². The van der Waals surface area contributed by atoms with Crippen molar-refractivity contribution < 1.29 is 14.3 Å². The maximum Gasteiger partial charge on any atom is 0.252 e. The average molecular weight is 336 g/mol. The fraction of sp³-hybridized carbons (Fsp3) is 0.278. The molecule has 5 heteroatoms. The Morgan fingerprint density at radius 3 is 2.57 bits per heavy atom. The minimum Gasteiger partial charge on any atom is -0.396 e. The largest absolute Gasteiger partial charge is 0.396 e. The van der Waals surface area contributed by atoms with Gasteiger partial charge in [0.05, 0.1) is 10.6 Å². The number of aliphatic hydroxyl groups is 1. The van der Waals surface area contributed by atoms with E-state index in [9.17, 15) is 14.3 Å². The van der Waals surface area contributed by atoms with E-state index in [4.69, 9.17) is 11.6 Å². The van der Waals surface area contributed by atoms with Crippen molar-refractivity contribution in [3.05, 3.63) is 70.5 Å². The Morgan fingerprint density at radius 2 is 1.91 bits per heavy atom. The topological polar surface area (TPSA) is 49.3 Å². The van der Waals surface area contributed by atoms with Crippen LogP contribution < -0.4 is 5.32 Å². The lowest BCUT2D eigenvalue weighted by atomic mass is 9.93. The van der Waals surface area contributed by atoms with Crippen LogP contribution in [-0.4, -0.2) is 24.2 Å². The van der Waals surface area contributed by atoms with Crippen molar-refractivity contribution in [3.8, 4) is 0 Å². The highest BCUT2D eigenvalue weighted by Crippen LogP contribution is 2.22.